The molecule has 302 valence electrons. The number of aldehydes is 1. The minimum Gasteiger partial charge on any atom is -0.491 e. The highest BCUT2D eigenvalue weighted by Gasteiger charge is 2.22. The van der Waals surface area contributed by atoms with Crippen LogP contribution >= 0.6 is 0 Å². The summed E-state index contributed by atoms with van der Waals surface area (Å²) in [7, 11) is 3.05. The van der Waals surface area contributed by atoms with E-state index in [2.05, 4.69) is 31.6 Å². The lowest BCUT2D eigenvalue weighted by molar-refractivity contribution is 0.0963. The molecule has 3 heterocycles. The largest absolute Gasteiger partial charge is 0.491 e. The second-order valence-corrected chi connectivity index (χ2v) is 12.4. The number of allylic oxidation sites excluding steroid dienone is 1. The molecule has 0 aliphatic heterocycles. The third-order valence-corrected chi connectivity index (χ3v) is 8.52. The van der Waals surface area contributed by atoms with Crippen LogP contribution < -0.4 is 31.7 Å². The Morgan fingerprint density at radius 2 is 1.58 bits per heavy atom. The number of nitrogens with two attached hydrogens (primary N) is 2. The number of aryl methyl sites for hydroxylation is 4. The van der Waals surface area contributed by atoms with Crippen molar-refractivity contribution in [1.82, 2.24) is 34.4 Å². The van der Waals surface area contributed by atoms with Crippen LogP contribution in [-0.4, -0.2) is 98.0 Å². The summed E-state index contributed by atoms with van der Waals surface area (Å²) < 4.78 is 11.0. The molecule has 2 aromatic carbocycles. The number of aliphatic hydroxyl groups excluding tert-OH is 1. The fraction of sp³-hybridized carbons (Fsp3) is 0.333. The average molecular weight is 783 g/mol. The number of rotatable bonds is 16. The van der Waals surface area contributed by atoms with Gasteiger partial charge in [0.05, 0.1) is 23.5 Å². The summed E-state index contributed by atoms with van der Waals surface area (Å²) in [6, 6.07) is 13.2. The minimum absolute atomic E-state index is 0.0858. The van der Waals surface area contributed by atoms with Crippen LogP contribution in [0, 0.1) is 13.8 Å². The molecule has 0 saturated heterocycles. The third-order valence-electron chi connectivity index (χ3n) is 8.52. The van der Waals surface area contributed by atoms with Gasteiger partial charge in [-0.15, -0.1) is 0 Å². The minimum atomic E-state index is -0.580. The highest BCUT2D eigenvalue weighted by atomic mass is 16.5. The van der Waals surface area contributed by atoms with Crippen molar-refractivity contribution in [2.24, 2.45) is 16.5 Å². The molecule has 0 aliphatic carbocycles. The molecule has 0 spiro atoms. The number of benzene rings is 2. The monoisotopic (exact) mass is 782 g/mol. The number of guanidine groups is 1. The van der Waals surface area contributed by atoms with Crippen LogP contribution in [0.3, 0.4) is 0 Å². The SMILES string of the molecule is CCn1nc(C)cc1C(=O)NC(=NC)N(C/C=C/Cn1c(NC(=O)c2cc(C)nn2CC)nc2cc(C=O)cc(OCCCO)c21)c1ccc(C(N)=O)cc1.CN. The van der Waals surface area contributed by atoms with Gasteiger partial charge >= 0.3 is 0 Å². The number of nitrogens with zero attached hydrogens (tertiary/aromatic N) is 8. The van der Waals surface area contributed by atoms with E-state index in [9.17, 15) is 24.3 Å². The Kier molecular flexibility index (Phi) is 15.3. The summed E-state index contributed by atoms with van der Waals surface area (Å²) in [4.78, 5) is 61.6. The number of aromatic nitrogens is 6. The van der Waals surface area contributed by atoms with Gasteiger partial charge in [0.1, 0.15) is 28.9 Å². The standard InChI is InChI=1S/C38H45N11O6.CH5N/c1-6-48-30(19-24(3)44-48)35(53)42-37(40-5)46(28-13-11-27(12-14-28)34(39)52)15-8-9-16-47-33-29(21-26(23-51)22-32(33)55-18-10-17-50)41-38(47)43-36(54)31-20-25(4)45-49(31)7-2;1-2/h8-9,11-14,19-23,50H,6-7,10,15-18H2,1-5H3,(H2,39,52)(H,40,42,53)(H,41,43,54);2H2,1H3/b9-8+;. The van der Waals surface area contributed by atoms with Crippen LogP contribution in [0.5, 0.6) is 5.75 Å². The van der Waals surface area contributed by atoms with Crippen molar-refractivity contribution < 1.29 is 29.0 Å². The third kappa shape index (κ3) is 10.4. The quantitative estimate of drug-likeness (QED) is 0.0320. The van der Waals surface area contributed by atoms with Gasteiger partial charge in [0.15, 0.2) is 0 Å². The Bertz CT molecular complexity index is 2250. The maximum atomic E-state index is 13.6. The lowest BCUT2D eigenvalue weighted by atomic mass is 10.2. The van der Waals surface area contributed by atoms with Crippen molar-refractivity contribution in [3.63, 3.8) is 0 Å². The predicted molar refractivity (Wildman–Crippen MR) is 218 cm³/mol. The maximum Gasteiger partial charge on any atom is 0.276 e. The summed E-state index contributed by atoms with van der Waals surface area (Å²) in [6.07, 6.45) is 4.74. The van der Waals surface area contributed by atoms with E-state index >= 15 is 0 Å². The summed E-state index contributed by atoms with van der Waals surface area (Å²) >= 11 is 0. The number of hydrogen-bond acceptors (Lipinski definition) is 11. The maximum absolute atomic E-state index is 13.6. The van der Waals surface area contributed by atoms with Gasteiger partial charge in [-0.05, 0) is 83.3 Å². The Balaban J connectivity index is 0.00000354. The first-order valence-electron chi connectivity index (χ1n) is 18.3. The van der Waals surface area contributed by atoms with Gasteiger partial charge in [-0.25, -0.2) is 4.98 Å². The molecule has 18 nitrogen and oxygen atoms in total. The van der Waals surface area contributed by atoms with Crippen molar-refractivity contribution in [2.45, 2.75) is 53.8 Å². The molecule has 0 fully saturated rings. The number of fused-ring (bicyclic) bond motifs is 1. The van der Waals surface area contributed by atoms with Crippen LogP contribution in [0.15, 0.2) is 65.7 Å². The molecule has 3 aromatic heterocycles. The average Bonchev–Trinajstić information content (AvgIpc) is 3.91. The van der Waals surface area contributed by atoms with Gasteiger partial charge in [-0.1, -0.05) is 12.2 Å². The number of carbonyl (C=O) groups excluding carboxylic acids is 4. The van der Waals surface area contributed by atoms with Gasteiger partial charge < -0.3 is 30.8 Å². The van der Waals surface area contributed by atoms with Gasteiger partial charge in [-0.3, -0.25) is 44.2 Å². The van der Waals surface area contributed by atoms with Crippen molar-refractivity contribution in [2.75, 3.05) is 44.1 Å². The number of hydrogen-bond donors (Lipinski definition) is 5. The molecule has 0 atom stereocenters. The normalized spacial score (nSPS) is 11.3. The number of imidazole rings is 1. The van der Waals surface area contributed by atoms with Gasteiger partial charge in [0.25, 0.3) is 11.8 Å². The fourth-order valence-electron chi connectivity index (χ4n) is 5.94. The Morgan fingerprint density at radius 3 is 2.14 bits per heavy atom. The lowest BCUT2D eigenvalue weighted by Gasteiger charge is -2.25. The number of carbonyl (C=O) groups is 4. The molecule has 3 amide bonds. The first-order chi connectivity index (χ1) is 27.5. The summed E-state index contributed by atoms with van der Waals surface area (Å²) in [5.41, 5.74) is 14.3. The van der Waals surface area contributed by atoms with E-state index in [0.717, 1.165) is 0 Å². The number of amides is 3. The zero-order valence-electron chi connectivity index (χ0n) is 33.0. The Morgan fingerprint density at radius 1 is 0.947 bits per heavy atom. The zero-order chi connectivity index (χ0) is 41.6. The highest BCUT2D eigenvalue weighted by Crippen LogP contribution is 2.31. The number of aliphatic hydroxyl groups is 1. The second kappa shape index (κ2) is 20.3. The van der Waals surface area contributed by atoms with Crippen molar-refractivity contribution in [1.29, 1.82) is 0 Å². The number of anilines is 2. The number of primary amides is 1. The van der Waals surface area contributed by atoms with Crippen LogP contribution in [0.4, 0.5) is 11.6 Å². The Hall–Kier alpha value is -6.66. The van der Waals surface area contributed by atoms with E-state index < -0.39 is 17.7 Å². The van der Waals surface area contributed by atoms with Crippen LogP contribution in [-0.2, 0) is 19.6 Å². The first-order valence-corrected chi connectivity index (χ1v) is 18.3. The molecule has 0 bridgehead atoms. The molecule has 57 heavy (non-hydrogen) atoms. The molecule has 5 aromatic rings. The van der Waals surface area contributed by atoms with Crippen LogP contribution in [0.1, 0.15) is 73.3 Å². The summed E-state index contributed by atoms with van der Waals surface area (Å²) in [5, 5.41) is 24.0. The lowest BCUT2D eigenvalue weighted by Crippen LogP contribution is -2.45. The van der Waals surface area contributed by atoms with Crippen LogP contribution in [0.25, 0.3) is 11.0 Å². The molecule has 0 saturated carbocycles. The molecule has 5 rings (SSSR count). The fourth-order valence-corrected chi connectivity index (χ4v) is 5.94. The molecule has 0 radical (unpaired) electrons. The summed E-state index contributed by atoms with van der Waals surface area (Å²) in [6.45, 7) is 8.84. The summed E-state index contributed by atoms with van der Waals surface area (Å²) in [5.74, 6) is -0.627. The van der Waals surface area contributed by atoms with E-state index in [1.165, 1.54) is 7.05 Å². The number of nitrogens with one attached hydrogen (secondary N) is 2. The molecule has 0 aliphatic rings. The van der Waals surface area contributed by atoms with Crippen molar-refractivity contribution >= 4 is 52.6 Å². The topological polar surface area (TPSA) is 243 Å². The molecular formula is C39H50N12O6. The predicted octanol–water partition coefficient (Wildman–Crippen LogP) is 3.06. The van der Waals surface area contributed by atoms with Crippen LogP contribution in [0.2, 0.25) is 0 Å². The van der Waals surface area contributed by atoms with Gasteiger partial charge in [-0.2, -0.15) is 10.2 Å². The van der Waals surface area contributed by atoms with Gasteiger partial charge in [0.2, 0.25) is 17.8 Å². The first kappa shape index (κ1) is 43.1. The van der Waals surface area contributed by atoms with E-state index in [4.69, 9.17) is 15.5 Å². The van der Waals surface area contributed by atoms with Crippen molar-refractivity contribution in [3.05, 3.63) is 94.6 Å². The molecule has 18 heteroatoms. The van der Waals surface area contributed by atoms with E-state index in [-0.39, 0.29) is 38.2 Å². The van der Waals surface area contributed by atoms with E-state index in [1.54, 1.807) is 81.3 Å². The zero-order valence-corrected chi connectivity index (χ0v) is 33.0. The molecular weight excluding hydrogens is 733 g/mol. The molecule has 7 N–H and O–H groups in total. The van der Waals surface area contributed by atoms with E-state index in [1.807, 2.05) is 32.9 Å². The number of aliphatic imine (C=N–C) groups is 1. The highest BCUT2D eigenvalue weighted by molar-refractivity contribution is 6.10. The van der Waals surface area contributed by atoms with Gasteiger partial charge in [0, 0.05) is 63.1 Å². The second-order valence-electron chi connectivity index (χ2n) is 12.4. The smallest absolute Gasteiger partial charge is 0.276 e. The molecule has 0 unspecified atom stereocenters. The Labute approximate surface area is 330 Å². The van der Waals surface area contributed by atoms with E-state index in [0.29, 0.717) is 82.2 Å². The van der Waals surface area contributed by atoms with Crippen molar-refractivity contribution in [3.8, 4) is 5.75 Å². The number of ether oxygens (including phenoxy) is 1.